The van der Waals surface area contributed by atoms with Gasteiger partial charge in [0.05, 0.1) is 6.61 Å². The van der Waals surface area contributed by atoms with Gasteiger partial charge in [-0.05, 0) is 25.5 Å². The van der Waals surface area contributed by atoms with Crippen LogP contribution in [0.1, 0.15) is 33.6 Å². The van der Waals surface area contributed by atoms with E-state index < -0.39 is 5.97 Å². The van der Waals surface area contributed by atoms with Gasteiger partial charge in [-0.25, -0.2) is 9.78 Å². The molecular weight excluding hydrogens is 272 g/mol. The molecule has 0 bridgehead atoms. The Bertz CT molecular complexity index is 679. The van der Waals surface area contributed by atoms with Gasteiger partial charge in [-0.1, -0.05) is 6.07 Å². The van der Waals surface area contributed by atoms with E-state index in [9.17, 15) is 9.59 Å². The number of hydrogen-bond acceptors (Lipinski definition) is 5. The lowest BCUT2D eigenvalue weighted by Gasteiger charge is -2.03. The van der Waals surface area contributed by atoms with E-state index in [2.05, 4.69) is 15.3 Å². The van der Waals surface area contributed by atoms with Crippen molar-refractivity contribution in [1.29, 1.82) is 0 Å². The first-order chi connectivity index (χ1) is 10.0. The molecule has 0 aromatic carbocycles. The number of nitrogens with one attached hydrogen (secondary N) is 1. The van der Waals surface area contributed by atoms with Gasteiger partial charge in [-0.2, -0.15) is 0 Å². The van der Waals surface area contributed by atoms with Crippen LogP contribution >= 0.6 is 0 Å². The zero-order chi connectivity index (χ0) is 15.4. The third-order valence-corrected chi connectivity index (χ3v) is 2.80. The SMILES string of the molecule is CCOC(=O)c1nc(NC(=O)c2ncccc2C)cn1C. The maximum atomic E-state index is 12.1. The number of ether oxygens (including phenoxy) is 1. The van der Waals surface area contributed by atoms with E-state index in [1.165, 1.54) is 4.57 Å². The molecule has 7 nitrogen and oxygen atoms in total. The summed E-state index contributed by atoms with van der Waals surface area (Å²) in [7, 11) is 1.65. The van der Waals surface area contributed by atoms with Crippen LogP contribution in [0.4, 0.5) is 5.82 Å². The normalized spacial score (nSPS) is 10.2. The van der Waals surface area contributed by atoms with E-state index in [0.29, 0.717) is 5.69 Å². The van der Waals surface area contributed by atoms with Gasteiger partial charge in [0.1, 0.15) is 5.69 Å². The number of rotatable bonds is 4. The molecular formula is C14H16N4O3. The molecule has 21 heavy (non-hydrogen) atoms. The second-order valence-corrected chi connectivity index (χ2v) is 4.40. The molecule has 1 N–H and O–H groups in total. The van der Waals surface area contributed by atoms with Crippen LogP contribution < -0.4 is 5.32 Å². The molecule has 1 amide bonds. The summed E-state index contributed by atoms with van der Waals surface area (Å²) in [5.41, 5.74) is 1.08. The topological polar surface area (TPSA) is 86.1 Å². The zero-order valence-corrected chi connectivity index (χ0v) is 12.1. The Kier molecular flexibility index (Phi) is 4.32. The van der Waals surface area contributed by atoms with E-state index >= 15 is 0 Å². The van der Waals surface area contributed by atoms with Gasteiger partial charge in [-0.15, -0.1) is 0 Å². The average Bonchev–Trinajstić information content (AvgIpc) is 2.80. The fraction of sp³-hybridized carbons (Fsp3) is 0.286. The minimum absolute atomic E-state index is 0.130. The standard InChI is InChI=1S/C14H16N4O3/c1-4-21-14(20)12-16-10(8-18(12)3)17-13(19)11-9(2)6-5-7-15-11/h5-8H,4H2,1-3H3,(H,17,19). The second-order valence-electron chi connectivity index (χ2n) is 4.40. The fourth-order valence-corrected chi connectivity index (χ4v) is 1.81. The monoisotopic (exact) mass is 288 g/mol. The fourth-order valence-electron chi connectivity index (χ4n) is 1.81. The number of carbonyl (C=O) groups is 2. The highest BCUT2D eigenvalue weighted by molar-refractivity contribution is 6.03. The first-order valence-corrected chi connectivity index (χ1v) is 6.46. The van der Waals surface area contributed by atoms with Gasteiger partial charge < -0.3 is 14.6 Å². The first-order valence-electron chi connectivity index (χ1n) is 6.46. The highest BCUT2D eigenvalue weighted by Gasteiger charge is 2.17. The van der Waals surface area contributed by atoms with Crippen LogP contribution in [0.15, 0.2) is 24.5 Å². The molecule has 0 aliphatic heterocycles. The van der Waals surface area contributed by atoms with Crippen molar-refractivity contribution < 1.29 is 14.3 Å². The maximum absolute atomic E-state index is 12.1. The highest BCUT2D eigenvalue weighted by Crippen LogP contribution is 2.11. The summed E-state index contributed by atoms with van der Waals surface area (Å²) in [6.45, 7) is 3.78. The number of amides is 1. The van der Waals surface area contributed by atoms with Crippen molar-refractivity contribution in [3.05, 3.63) is 41.6 Å². The Balaban J connectivity index is 2.17. The van der Waals surface area contributed by atoms with Crippen molar-refractivity contribution in [2.75, 3.05) is 11.9 Å². The Morgan fingerprint density at radius 3 is 2.86 bits per heavy atom. The number of hydrogen-bond donors (Lipinski definition) is 1. The van der Waals surface area contributed by atoms with Crippen molar-refractivity contribution in [3.8, 4) is 0 Å². The Labute approximate surface area is 122 Å². The number of carbonyl (C=O) groups excluding carboxylic acids is 2. The lowest BCUT2D eigenvalue weighted by Crippen LogP contribution is -2.15. The largest absolute Gasteiger partial charge is 0.460 e. The number of aryl methyl sites for hydroxylation is 2. The predicted molar refractivity (Wildman–Crippen MR) is 76.1 cm³/mol. The van der Waals surface area contributed by atoms with Crippen LogP contribution in [0, 0.1) is 6.92 Å². The molecule has 0 unspecified atom stereocenters. The second kappa shape index (κ2) is 6.17. The van der Waals surface area contributed by atoms with E-state index in [4.69, 9.17) is 4.74 Å². The Morgan fingerprint density at radius 1 is 1.43 bits per heavy atom. The van der Waals surface area contributed by atoms with Crippen LogP contribution in [0.3, 0.4) is 0 Å². The summed E-state index contributed by atoms with van der Waals surface area (Å²) >= 11 is 0. The molecule has 2 aromatic heterocycles. The summed E-state index contributed by atoms with van der Waals surface area (Å²) in [4.78, 5) is 31.9. The molecule has 0 aliphatic rings. The predicted octanol–water partition coefficient (Wildman–Crippen LogP) is 1.55. The Morgan fingerprint density at radius 2 is 2.19 bits per heavy atom. The Hall–Kier alpha value is -2.70. The van der Waals surface area contributed by atoms with Gasteiger partial charge in [0.25, 0.3) is 5.91 Å². The minimum Gasteiger partial charge on any atom is -0.460 e. The zero-order valence-electron chi connectivity index (χ0n) is 12.1. The van der Waals surface area contributed by atoms with E-state index in [1.54, 1.807) is 45.4 Å². The van der Waals surface area contributed by atoms with Gasteiger partial charge in [-0.3, -0.25) is 9.78 Å². The average molecular weight is 288 g/mol. The van der Waals surface area contributed by atoms with Crippen molar-refractivity contribution in [1.82, 2.24) is 14.5 Å². The summed E-state index contributed by atoms with van der Waals surface area (Å²) in [5, 5.41) is 2.62. The molecule has 0 saturated carbocycles. The van der Waals surface area contributed by atoms with Crippen LogP contribution in [0.2, 0.25) is 0 Å². The summed E-state index contributed by atoms with van der Waals surface area (Å²) in [6, 6.07) is 3.55. The number of anilines is 1. The molecule has 2 rings (SSSR count). The molecule has 2 aromatic rings. The van der Waals surface area contributed by atoms with Crippen molar-refractivity contribution in [2.45, 2.75) is 13.8 Å². The number of imidazole rings is 1. The molecule has 0 radical (unpaired) electrons. The maximum Gasteiger partial charge on any atom is 0.374 e. The van der Waals surface area contributed by atoms with Gasteiger partial charge in [0, 0.05) is 19.4 Å². The number of nitrogens with zero attached hydrogens (tertiary/aromatic N) is 3. The molecule has 0 aliphatic carbocycles. The third-order valence-electron chi connectivity index (χ3n) is 2.80. The summed E-state index contributed by atoms with van der Waals surface area (Å²) in [6.07, 6.45) is 3.09. The summed E-state index contributed by atoms with van der Waals surface area (Å²) in [5.74, 6) is -0.503. The first kappa shape index (κ1) is 14.7. The van der Waals surface area contributed by atoms with E-state index in [0.717, 1.165) is 5.56 Å². The van der Waals surface area contributed by atoms with Crippen molar-refractivity contribution in [3.63, 3.8) is 0 Å². The quantitative estimate of drug-likeness (QED) is 0.863. The number of esters is 1. The van der Waals surface area contributed by atoms with E-state index in [-0.39, 0.29) is 24.2 Å². The molecule has 0 fully saturated rings. The number of aromatic nitrogens is 3. The third kappa shape index (κ3) is 3.25. The molecule has 7 heteroatoms. The lowest BCUT2D eigenvalue weighted by atomic mass is 10.2. The smallest absolute Gasteiger partial charge is 0.374 e. The summed E-state index contributed by atoms with van der Waals surface area (Å²) < 4.78 is 6.38. The molecule has 0 saturated heterocycles. The highest BCUT2D eigenvalue weighted by atomic mass is 16.5. The molecule has 0 spiro atoms. The van der Waals surface area contributed by atoms with Gasteiger partial charge in [0.2, 0.25) is 5.82 Å². The molecule has 110 valence electrons. The van der Waals surface area contributed by atoms with E-state index in [1.807, 2.05) is 0 Å². The lowest BCUT2D eigenvalue weighted by molar-refractivity contribution is 0.0508. The van der Waals surface area contributed by atoms with Crippen LogP contribution in [-0.4, -0.2) is 33.0 Å². The van der Waals surface area contributed by atoms with Crippen LogP contribution in [-0.2, 0) is 11.8 Å². The van der Waals surface area contributed by atoms with Crippen LogP contribution in [0.25, 0.3) is 0 Å². The number of pyridine rings is 1. The minimum atomic E-state index is -0.533. The molecule has 2 heterocycles. The van der Waals surface area contributed by atoms with Crippen LogP contribution in [0.5, 0.6) is 0 Å². The van der Waals surface area contributed by atoms with Gasteiger partial charge >= 0.3 is 5.97 Å². The molecule has 0 atom stereocenters. The van der Waals surface area contributed by atoms with Gasteiger partial charge in [0.15, 0.2) is 5.82 Å². The van der Waals surface area contributed by atoms with Crippen molar-refractivity contribution >= 4 is 17.7 Å². The van der Waals surface area contributed by atoms with Crippen molar-refractivity contribution in [2.24, 2.45) is 7.05 Å².